The third-order valence-corrected chi connectivity index (χ3v) is 9.23. The van der Waals surface area contributed by atoms with Crippen LogP contribution in [0.4, 0.5) is 11.4 Å². The van der Waals surface area contributed by atoms with E-state index in [1.807, 2.05) is 32.9 Å². The van der Waals surface area contributed by atoms with Gasteiger partial charge in [-0.3, -0.25) is 14.4 Å². The lowest BCUT2D eigenvalue weighted by atomic mass is 10.1. The molecule has 2 heterocycles. The molecule has 2 aliphatic rings. The molecule has 1 N–H and O–H groups in total. The molecule has 13 heteroatoms. The molecule has 0 atom stereocenters. The van der Waals surface area contributed by atoms with Crippen molar-refractivity contribution in [2.45, 2.75) is 38.4 Å². The summed E-state index contributed by atoms with van der Waals surface area (Å²) in [4.78, 5) is 17.0. The van der Waals surface area contributed by atoms with Crippen molar-refractivity contribution in [1.82, 2.24) is 9.21 Å². The molecule has 240 valence electrons. The summed E-state index contributed by atoms with van der Waals surface area (Å²) in [6.07, 6.45) is 1.74. The average Bonchev–Trinajstić information content (AvgIpc) is 2.98. The van der Waals surface area contributed by atoms with E-state index in [0.29, 0.717) is 18.7 Å². The molecule has 43 heavy (non-hydrogen) atoms. The first-order valence-corrected chi connectivity index (χ1v) is 17.7. The highest BCUT2D eigenvalue weighted by atomic mass is 32.2. The van der Waals surface area contributed by atoms with Crippen LogP contribution in [-0.2, 0) is 29.5 Å². The SMILES string of the molecule is C=C.CCOC(C)OCC.CS(=O)(=O)Nc1ccc(N2CCN(CCCN3CC(=O)c4ccccc4S3(=O)=O)CC2)cc1. The summed E-state index contributed by atoms with van der Waals surface area (Å²) in [7, 11) is -6.93. The van der Waals surface area contributed by atoms with Crippen LogP contribution >= 0.6 is 0 Å². The van der Waals surface area contributed by atoms with E-state index >= 15 is 0 Å². The lowest BCUT2D eigenvalue weighted by Crippen LogP contribution is -2.47. The molecule has 1 saturated heterocycles. The van der Waals surface area contributed by atoms with E-state index < -0.39 is 20.0 Å². The van der Waals surface area contributed by atoms with Gasteiger partial charge in [-0.2, -0.15) is 4.31 Å². The van der Waals surface area contributed by atoms with Gasteiger partial charge in [0, 0.05) is 62.9 Å². The van der Waals surface area contributed by atoms with Crippen LogP contribution in [0.3, 0.4) is 0 Å². The second kappa shape index (κ2) is 17.5. The Labute approximate surface area is 257 Å². The number of nitrogens with zero attached hydrogens (tertiary/aromatic N) is 3. The van der Waals surface area contributed by atoms with Gasteiger partial charge in [-0.05, 0) is 70.1 Å². The van der Waals surface area contributed by atoms with Gasteiger partial charge in [-0.15, -0.1) is 13.2 Å². The number of nitrogens with one attached hydrogen (secondary N) is 1. The molecule has 0 aliphatic carbocycles. The summed E-state index contributed by atoms with van der Waals surface area (Å²) >= 11 is 0. The summed E-state index contributed by atoms with van der Waals surface area (Å²) < 4.78 is 62.2. The summed E-state index contributed by atoms with van der Waals surface area (Å²) in [5, 5.41) is 0. The van der Waals surface area contributed by atoms with Gasteiger partial charge in [-0.1, -0.05) is 12.1 Å². The first-order valence-electron chi connectivity index (χ1n) is 14.3. The Kier molecular flexibility index (Phi) is 14.8. The Morgan fingerprint density at radius 2 is 1.51 bits per heavy atom. The van der Waals surface area contributed by atoms with Gasteiger partial charge in [0.1, 0.15) is 0 Å². The van der Waals surface area contributed by atoms with Crippen molar-refractivity contribution in [3.05, 3.63) is 67.3 Å². The van der Waals surface area contributed by atoms with Crippen molar-refractivity contribution >= 4 is 37.2 Å². The number of carbonyl (C=O) groups excluding carboxylic acids is 1. The number of ether oxygens (including phenoxy) is 2. The molecular formula is C30H46N4O7S2. The molecule has 2 aromatic carbocycles. The summed E-state index contributed by atoms with van der Waals surface area (Å²) in [6.45, 7) is 17.6. The number of hydrogen-bond acceptors (Lipinski definition) is 9. The van der Waals surface area contributed by atoms with Crippen LogP contribution in [0.5, 0.6) is 0 Å². The average molecular weight is 639 g/mol. The van der Waals surface area contributed by atoms with Crippen LogP contribution in [0, 0.1) is 0 Å². The molecule has 2 aliphatic heterocycles. The van der Waals surface area contributed by atoms with Crippen molar-refractivity contribution in [2.75, 3.05) is 74.9 Å². The maximum atomic E-state index is 12.8. The largest absolute Gasteiger partial charge is 0.369 e. The van der Waals surface area contributed by atoms with Crippen LogP contribution in [-0.4, -0.2) is 103 Å². The standard InChI is InChI=1S/C22H28N4O5S2.C6H14O2.C2H4/c1-32(28,29)23-18-7-9-19(10-8-18)25-15-13-24(14-16-25)11-4-12-26-17-21(27)20-5-2-3-6-22(20)33(26,30)31;1-4-7-6(3)8-5-2;1-2/h2-3,5-10,23H,4,11-17H2,1H3;6H,4-5H2,1-3H3;1-2H2. The fraction of sp³-hybridized carbons (Fsp3) is 0.500. The molecule has 4 rings (SSSR count). The van der Waals surface area contributed by atoms with Crippen LogP contribution in [0.15, 0.2) is 66.6 Å². The fourth-order valence-electron chi connectivity index (χ4n) is 4.76. The third kappa shape index (κ3) is 11.3. The molecule has 0 spiro atoms. The number of rotatable bonds is 11. The number of anilines is 2. The summed E-state index contributed by atoms with van der Waals surface area (Å²) in [5.41, 5.74) is 1.85. The molecule has 0 bridgehead atoms. The zero-order valence-corrected chi connectivity index (χ0v) is 27.3. The molecule has 2 aromatic rings. The minimum Gasteiger partial charge on any atom is -0.369 e. The van der Waals surface area contributed by atoms with Gasteiger partial charge in [0.25, 0.3) is 0 Å². The quantitative estimate of drug-likeness (QED) is 0.290. The molecule has 11 nitrogen and oxygen atoms in total. The minimum atomic E-state index is -3.64. The van der Waals surface area contributed by atoms with Crippen molar-refractivity contribution in [2.24, 2.45) is 0 Å². The van der Waals surface area contributed by atoms with Crippen molar-refractivity contribution in [3.8, 4) is 0 Å². The second-order valence-corrected chi connectivity index (χ2v) is 13.5. The Hall–Kier alpha value is -2.81. The number of sulfonamides is 2. The molecule has 1 fully saturated rings. The molecule has 0 unspecified atom stereocenters. The zero-order chi connectivity index (χ0) is 32.0. The zero-order valence-electron chi connectivity index (χ0n) is 25.7. The van der Waals surface area contributed by atoms with Gasteiger partial charge in [0.15, 0.2) is 12.1 Å². The molecule has 0 radical (unpaired) electrons. The predicted molar refractivity (Wildman–Crippen MR) is 172 cm³/mol. The lowest BCUT2D eigenvalue weighted by molar-refractivity contribution is -0.123. The Morgan fingerprint density at radius 1 is 0.930 bits per heavy atom. The highest BCUT2D eigenvalue weighted by Crippen LogP contribution is 2.26. The Balaban J connectivity index is 0.000000561. The number of carbonyl (C=O) groups is 1. The Morgan fingerprint density at radius 3 is 2.07 bits per heavy atom. The smallest absolute Gasteiger partial charge is 0.244 e. The highest BCUT2D eigenvalue weighted by Gasteiger charge is 2.35. The second-order valence-electron chi connectivity index (χ2n) is 9.84. The van der Waals surface area contributed by atoms with E-state index in [-0.39, 0.29) is 29.1 Å². The van der Waals surface area contributed by atoms with E-state index in [1.165, 1.54) is 10.4 Å². The van der Waals surface area contributed by atoms with E-state index in [1.54, 1.807) is 30.3 Å². The van der Waals surface area contributed by atoms with Crippen LogP contribution in [0.25, 0.3) is 0 Å². The van der Waals surface area contributed by atoms with E-state index in [0.717, 1.165) is 57.9 Å². The first kappa shape index (κ1) is 36.4. The number of fused-ring (bicyclic) bond motifs is 1. The molecule has 0 saturated carbocycles. The van der Waals surface area contributed by atoms with Crippen LogP contribution in [0.2, 0.25) is 0 Å². The van der Waals surface area contributed by atoms with E-state index in [9.17, 15) is 21.6 Å². The first-order chi connectivity index (χ1) is 20.4. The van der Waals surface area contributed by atoms with Crippen LogP contribution in [0.1, 0.15) is 37.6 Å². The molecule has 0 aromatic heterocycles. The minimum absolute atomic E-state index is 0.0370. The number of Topliss-reactive ketones (excluding diaryl/α,β-unsaturated/α-hetero) is 1. The van der Waals surface area contributed by atoms with Crippen molar-refractivity contribution in [1.29, 1.82) is 0 Å². The Bertz CT molecular complexity index is 1360. The van der Waals surface area contributed by atoms with Crippen molar-refractivity contribution < 1.29 is 31.1 Å². The number of hydrogen-bond donors (Lipinski definition) is 1. The highest BCUT2D eigenvalue weighted by molar-refractivity contribution is 7.92. The van der Waals surface area contributed by atoms with Crippen LogP contribution < -0.4 is 9.62 Å². The van der Waals surface area contributed by atoms with Gasteiger partial charge in [0.2, 0.25) is 20.0 Å². The number of ketones is 1. The molecule has 0 amide bonds. The fourth-order valence-corrected chi connectivity index (χ4v) is 6.97. The van der Waals surface area contributed by atoms with Gasteiger partial charge in [0.05, 0.1) is 17.7 Å². The van der Waals surface area contributed by atoms with Gasteiger partial charge in [-0.25, -0.2) is 16.8 Å². The molecular weight excluding hydrogens is 592 g/mol. The van der Waals surface area contributed by atoms with E-state index in [2.05, 4.69) is 27.7 Å². The normalized spacial score (nSPS) is 16.9. The van der Waals surface area contributed by atoms with E-state index in [4.69, 9.17) is 9.47 Å². The summed E-state index contributed by atoms with van der Waals surface area (Å²) in [5.74, 6) is -0.160. The maximum Gasteiger partial charge on any atom is 0.244 e. The third-order valence-electron chi connectivity index (χ3n) is 6.72. The van der Waals surface area contributed by atoms with Crippen molar-refractivity contribution in [3.63, 3.8) is 0 Å². The van der Waals surface area contributed by atoms with Gasteiger partial charge >= 0.3 is 0 Å². The summed E-state index contributed by atoms with van der Waals surface area (Å²) in [6, 6.07) is 13.7. The van der Waals surface area contributed by atoms with Gasteiger partial charge < -0.3 is 14.4 Å². The topological polar surface area (TPSA) is 126 Å². The monoisotopic (exact) mass is 638 g/mol. The maximum absolute atomic E-state index is 12.8. The number of benzene rings is 2. The lowest BCUT2D eigenvalue weighted by Gasteiger charge is -2.36. The predicted octanol–water partition coefficient (Wildman–Crippen LogP) is 3.67. The number of piperazine rings is 1.